The maximum Gasteiger partial charge on any atom is 0.407 e. The van der Waals surface area contributed by atoms with E-state index in [2.05, 4.69) is 15.5 Å². The van der Waals surface area contributed by atoms with Gasteiger partial charge < -0.3 is 25.0 Å². The van der Waals surface area contributed by atoms with E-state index in [1.54, 1.807) is 0 Å². The molecule has 0 unspecified atom stereocenters. The Morgan fingerprint density at radius 2 is 1.79 bits per heavy atom. The fourth-order valence-corrected chi connectivity index (χ4v) is 1.19. The van der Waals surface area contributed by atoms with Crippen molar-refractivity contribution < 1.29 is 14.3 Å². The van der Waals surface area contributed by atoms with Gasteiger partial charge in [0.05, 0.1) is 13.2 Å². The van der Waals surface area contributed by atoms with E-state index >= 15 is 0 Å². The Bertz CT molecular complexity index is 240. The zero-order valence-electron chi connectivity index (χ0n) is 12.9. The summed E-state index contributed by atoms with van der Waals surface area (Å²) < 4.78 is 10.5. The zero-order chi connectivity index (χ0) is 14.7. The lowest BCUT2D eigenvalue weighted by molar-refractivity contribution is 0.0528. The third-order valence-electron chi connectivity index (χ3n) is 2.08. The molecule has 0 bridgehead atoms. The summed E-state index contributed by atoms with van der Waals surface area (Å²) in [7, 11) is 4.04. The molecule has 6 nitrogen and oxygen atoms in total. The summed E-state index contributed by atoms with van der Waals surface area (Å²) in [5.41, 5.74) is -0.447. The van der Waals surface area contributed by atoms with Crippen LogP contribution in [0.15, 0.2) is 0 Å². The minimum absolute atomic E-state index is 0.378. The van der Waals surface area contributed by atoms with Gasteiger partial charge in [0, 0.05) is 26.2 Å². The molecule has 0 aromatic carbocycles. The van der Waals surface area contributed by atoms with E-state index in [4.69, 9.17) is 9.47 Å². The molecule has 0 atom stereocenters. The number of likely N-dealkylation sites (N-methyl/N-ethyl adjacent to an activating group) is 1. The predicted octanol–water partition coefficient (Wildman–Crippen LogP) is 0.679. The SMILES string of the molecule is CN(C)CCOCCNCCNC(=O)OC(C)(C)C. The minimum atomic E-state index is -0.447. The zero-order valence-corrected chi connectivity index (χ0v) is 12.9. The summed E-state index contributed by atoms with van der Waals surface area (Å²) >= 11 is 0. The van der Waals surface area contributed by atoms with E-state index in [1.807, 2.05) is 34.9 Å². The molecule has 0 spiro atoms. The molecule has 1 amide bonds. The molecule has 0 aliphatic carbocycles. The molecule has 6 heteroatoms. The van der Waals surface area contributed by atoms with Gasteiger partial charge in [0.15, 0.2) is 0 Å². The van der Waals surface area contributed by atoms with Crippen molar-refractivity contribution in [2.24, 2.45) is 0 Å². The lowest BCUT2D eigenvalue weighted by atomic mass is 10.2. The van der Waals surface area contributed by atoms with Gasteiger partial charge in [0.2, 0.25) is 0 Å². The molecule has 0 aliphatic rings. The first-order valence-corrected chi connectivity index (χ1v) is 6.71. The Morgan fingerprint density at radius 1 is 1.11 bits per heavy atom. The van der Waals surface area contributed by atoms with Gasteiger partial charge in [-0.25, -0.2) is 4.79 Å². The highest BCUT2D eigenvalue weighted by Crippen LogP contribution is 2.05. The summed E-state index contributed by atoms with van der Waals surface area (Å²) in [6, 6.07) is 0. The summed E-state index contributed by atoms with van der Waals surface area (Å²) in [6.07, 6.45) is -0.378. The highest BCUT2D eigenvalue weighted by molar-refractivity contribution is 5.67. The van der Waals surface area contributed by atoms with Crippen LogP contribution in [-0.4, -0.2) is 70.1 Å². The standard InChI is InChI=1S/C13H29N3O3/c1-13(2,3)19-12(17)15-7-6-14-8-10-18-11-9-16(4)5/h14H,6-11H2,1-5H3,(H,15,17). The molecule has 0 aromatic heterocycles. The number of rotatable bonds is 9. The van der Waals surface area contributed by atoms with Crippen molar-refractivity contribution in [3.05, 3.63) is 0 Å². The number of alkyl carbamates (subject to hydrolysis) is 1. The van der Waals surface area contributed by atoms with E-state index < -0.39 is 5.60 Å². The van der Waals surface area contributed by atoms with Crippen molar-refractivity contribution in [3.8, 4) is 0 Å². The van der Waals surface area contributed by atoms with Crippen LogP contribution in [0.2, 0.25) is 0 Å². The monoisotopic (exact) mass is 275 g/mol. The van der Waals surface area contributed by atoms with E-state index in [0.29, 0.717) is 19.7 Å². The smallest absolute Gasteiger partial charge is 0.407 e. The van der Waals surface area contributed by atoms with E-state index in [1.165, 1.54) is 0 Å². The minimum Gasteiger partial charge on any atom is -0.444 e. The fraction of sp³-hybridized carbons (Fsp3) is 0.923. The molecule has 0 heterocycles. The van der Waals surface area contributed by atoms with Crippen molar-refractivity contribution in [1.29, 1.82) is 0 Å². The predicted molar refractivity (Wildman–Crippen MR) is 76.5 cm³/mol. The Labute approximate surface area is 116 Å². The van der Waals surface area contributed by atoms with Gasteiger partial charge in [0.1, 0.15) is 5.60 Å². The second-order valence-electron chi connectivity index (χ2n) is 5.59. The molecule has 0 aromatic rings. The Kier molecular flexibility index (Phi) is 9.55. The molecule has 19 heavy (non-hydrogen) atoms. The van der Waals surface area contributed by atoms with Crippen LogP contribution in [0.5, 0.6) is 0 Å². The molecule has 0 saturated carbocycles. The second-order valence-corrected chi connectivity index (χ2v) is 5.59. The lowest BCUT2D eigenvalue weighted by Crippen LogP contribution is -2.37. The number of carbonyl (C=O) groups excluding carboxylic acids is 1. The number of ether oxygens (including phenoxy) is 2. The first-order chi connectivity index (χ1) is 8.81. The van der Waals surface area contributed by atoms with Crippen LogP contribution in [0, 0.1) is 0 Å². The third kappa shape index (κ3) is 15.1. The van der Waals surface area contributed by atoms with Crippen LogP contribution in [0.4, 0.5) is 4.79 Å². The Morgan fingerprint density at radius 3 is 2.37 bits per heavy atom. The Balaban J connectivity index is 3.25. The molecule has 0 fully saturated rings. The number of hydrogen-bond acceptors (Lipinski definition) is 5. The molecule has 0 saturated heterocycles. The molecule has 2 N–H and O–H groups in total. The number of carbonyl (C=O) groups is 1. The maximum absolute atomic E-state index is 11.3. The normalized spacial score (nSPS) is 11.7. The first kappa shape index (κ1) is 18.1. The highest BCUT2D eigenvalue weighted by Gasteiger charge is 2.15. The summed E-state index contributed by atoms with van der Waals surface area (Å²) in [6.45, 7) is 9.92. The van der Waals surface area contributed by atoms with Gasteiger partial charge >= 0.3 is 6.09 Å². The second kappa shape index (κ2) is 10.00. The highest BCUT2D eigenvalue weighted by atomic mass is 16.6. The molecule has 114 valence electrons. The van der Waals surface area contributed by atoms with Crippen LogP contribution in [-0.2, 0) is 9.47 Å². The van der Waals surface area contributed by atoms with Gasteiger partial charge in [-0.15, -0.1) is 0 Å². The average molecular weight is 275 g/mol. The maximum atomic E-state index is 11.3. The number of hydrogen-bond donors (Lipinski definition) is 2. The van der Waals surface area contributed by atoms with Crippen LogP contribution >= 0.6 is 0 Å². The van der Waals surface area contributed by atoms with Crippen molar-refractivity contribution in [3.63, 3.8) is 0 Å². The lowest BCUT2D eigenvalue weighted by Gasteiger charge is -2.19. The Hall–Kier alpha value is -0.850. The van der Waals surface area contributed by atoms with Crippen LogP contribution in [0.1, 0.15) is 20.8 Å². The molecular weight excluding hydrogens is 246 g/mol. The van der Waals surface area contributed by atoms with Crippen molar-refractivity contribution >= 4 is 6.09 Å². The largest absolute Gasteiger partial charge is 0.444 e. The average Bonchev–Trinajstić information content (AvgIpc) is 2.24. The number of nitrogens with one attached hydrogen (secondary N) is 2. The van der Waals surface area contributed by atoms with Crippen molar-refractivity contribution in [2.75, 3.05) is 53.5 Å². The summed E-state index contributed by atoms with van der Waals surface area (Å²) in [4.78, 5) is 13.4. The number of amides is 1. The van der Waals surface area contributed by atoms with Crippen LogP contribution in [0.3, 0.4) is 0 Å². The fourth-order valence-electron chi connectivity index (χ4n) is 1.19. The molecule has 0 aliphatic heterocycles. The van der Waals surface area contributed by atoms with Crippen molar-refractivity contribution in [2.45, 2.75) is 26.4 Å². The van der Waals surface area contributed by atoms with Gasteiger partial charge in [0.25, 0.3) is 0 Å². The van der Waals surface area contributed by atoms with Crippen LogP contribution < -0.4 is 10.6 Å². The van der Waals surface area contributed by atoms with Gasteiger partial charge in [-0.1, -0.05) is 0 Å². The first-order valence-electron chi connectivity index (χ1n) is 6.71. The summed E-state index contributed by atoms with van der Waals surface area (Å²) in [5.74, 6) is 0. The van der Waals surface area contributed by atoms with Gasteiger partial charge in [-0.2, -0.15) is 0 Å². The van der Waals surface area contributed by atoms with E-state index in [-0.39, 0.29) is 6.09 Å². The number of nitrogens with zero attached hydrogens (tertiary/aromatic N) is 1. The van der Waals surface area contributed by atoms with Crippen LogP contribution in [0.25, 0.3) is 0 Å². The van der Waals surface area contributed by atoms with Crippen molar-refractivity contribution in [1.82, 2.24) is 15.5 Å². The third-order valence-corrected chi connectivity index (χ3v) is 2.08. The van der Waals surface area contributed by atoms with Gasteiger partial charge in [-0.05, 0) is 34.9 Å². The van der Waals surface area contributed by atoms with E-state index in [0.717, 1.165) is 19.7 Å². The molecule has 0 radical (unpaired) electrons. The quantitative estimate of drug-likeness (QED) is 0.606. The van der Waals surface area contributed by atoms with Gasteiger partial charge in [-0.3, -0.25) is 0 Å². The topological polar surface area (TPSA) is 62.8 Å². The molecular formula is C13H29N3O3. The van der Waals surface area contributed by atoms with E-state index in [9.17, 15) is 4.79 Å². The summed E-state index contributed by atoms with van der Waals surface area (Å²) in [5, 5.41) is 5.87. The molecule has 0 rings (SSSR count).